The summed E-state index contributed by atoms with van der Waals surface area (Å²) in [6, 6.07) is 12.7. The Balaban J connectivity index is 1.95. The Morgan fingerprint density at radius 1 is 1.20 bits per heavy atom. The minimum atomic E-state index is -0.255. The Morgan fingerprint density at radius 3 is 2.85 bits per heavy atom. The van der Waals surface area contributed by atoms with Crippen molar-refractivity contribution in [3.63, 3.8) is 0 Å². The van der Waals surface area contributed by atoms with E-state index < -0.39 is 0 Å². The summed E-state index contributed by atoms with van der Waals surface area (Å²) in [6.07, 6.45) is 1.45. The van der Waals surface area contributed by atoms with Gasteiger partial charge in [0.25, 0.3) is 5.91 Å². The number of hydrogen-bond donors (Lipinski definition) is 1. The van der Waals surface area contributed by atoms with Crippen LogP contribution in [-0.4, -0.2) is 5.91 Å². The fourth-order valence-electron chi connectivity index (χ4n) is 1.94. The van der Waals surface area contributed by atoms with Gasteiger partial charge in [-0.3, -0.25) is 4.79 Å². The number of halogens is 2. The molecule has 0 bridgehead atoms. The van der Waals surface area contributed by atoms with Gasteiger partial charge in [0.1, 0.15) is 11.8 Å². The molecule has 0 saturated carbocycles. The zero-order chi connectivity index (χ0) is 14.1. The molecule has 3 aromatic rings. The van der Waals surface area contributed by atoms with E-state index in [4.69, 9.17) is 16.0 Å². The molecule has 3 rings (SSSR count). The van der Waals surface area contributed by atoms with Gasteiger partial charge in [-0.15, -0.1) is 0 Å². The lowest BCUT2D eigenvalue weighted by Gasteiger charge is -2.06. The van der Waals surface area contributed by atoms with Crippen LogP contribution in [0.15, 0.2) is 57.6 Å². The van der Waals surface area contributed by atoms with Crippen LogP contribution in [-0.2, 0) is 0 Å². The largest absolute Gasteiger partial charge is 0.463 e. The second kappa shape index (κ2) is 5.31. The van der Waals surface area contributed by atoms with E-state index in [9.17, 15) is 4.79 Å². The molecule has 0 fully saturated rings. The third kappa shape index (κ3) is 2.44. The number of amides is 1. The Morgan fingerprint density at radius 2 is 2.00 bits per heavy atom. The Kier molecular flexibility index (Phi) is 3.51. The van der Waals surface area contributed by atoms with Crippen molar-refractivity contribution in [1.29, 1.82) is 0 Å². The first-order valence-electron chi connectivity index (χ1n) is 5.88. The van der Waals surface area contributed by atoms with Crippen LogP contribution < -0.4 is 5.32 Å². The van der Waals surface area contributed by atoms with Crippen molar-refractivity contribution < 1.29 is 9.21 Å². The molecule has 0 aliphatic carbocycles. The molecule has 5 heteroatoms. The van der Waals surface area contributed by atoms with Crippen molar-refractivity contribution in [3.05, 3.63) is 63.8 Å². The normalized spacial score (nSPS) is 10.7. The topological polar surface area (TPSA) is 42.2 Å². The fourth-order valence-corrected chi connectivity index (χ4v) is 2.46. The molecule has 1 heterocycles. The number of furan rings is 1. The number of anilines is 1. The molecule has 3 nitrogen and oxygen atoms in total. The first-order valence-corrected chi connectivity index (χ1v) is 7.05. The average Bonchev–Trinajstić information content (AvgIpc) is 2.87. The number of rotatable bonds is 2. The molecule has 0 aliphatic rings. The van der Waals surface area contributed by atoms with Crippen molar-refractivity contribution in [3.8, 4) is 0 Å². The summed E-state index contributed by atoms with van der Waals surface area (Å²) >= 11 is 9.41. The van der Waals surface area contributed by atoms with Gasteiger partial charge in [0.2, 0.25) is 0 Å². The second-order valence-corrected chi connectivity index (χ2v) is 5.55. The van der Waals surface area contributed by atoms with E-state index in [2.05, 4.69) is 21.2 Å². The smallest absolute Gasteiger partial charge is 0.259 e. The van der Waals surface area contributed by atoms with Crippen LogP contribution in [0, 0.1) is 0 Å². The highest BCUT2D eigenvalue weighted by Crippen LogP contribution is 2.27. The highest BCUT2D eigenvalue weighted by molar-refractivity contribution is 9.10. The third-order valence-electron chi connectivity index (χ3n) is 2.90. The molecular formula is C15H9BrClNO2. The van der Waals surface area contributed by atoms with E-state index in [0.29, 0.717) is 21.9 Å². The van der Waals surface area contributed by atoms with Gasteiger partial charge in [-0.05, 0) is 24.3 Å². The van der Waals surface area contributed by atoms with E-state index in [-0.39, 0.29) is 5.91 Å². The molecule has 1 N–H and O–H groups in total. The summed E-state index contributed by atoms with van der Waals surface area (Å²) in [7, 11) is 0. The van der Waals surface area contributed by atoms with E-state index in [0.717, 1.165) is 9.86 Å². The molecule has 100 valence electrons. The Hall–Kier alpha value is -1.78. The van der Waals surface area contributed by atoms with Crippen LogP contribution in [0.25, 0.3) is 11.0 Å². The lowest BCUT2D eigenvalue weighted by atomic mass is 10.1. The molecule has 0 atom stereocenters. The molecule has 1 amide bonds. The van der Waals surface area contributed by atoms with Crippen molar-refractivity contribution in [2.75, 3.05) is 5.32 Å². The first kappa shape index (κ1) is 13.2. The maximum Gasteiger partial charge on any atom is 0.259 e. The van der Waals surface area contributed by atoms with Gasteiger partial charge < -0.3 is 9.73 Å². The highest BCUT2D eigenvalue weighted by atomic mass is 79.9. The lowest BCUT2D eigenvalue weighted by molar-refractivity contribution is 0.102. The number of nitrogens with one attached hydrogen (secondary N) is 1. The van der Waals surface area contributed by atoms with Gasteiger partial charge in [0.15, 0.2) is 0 Å². The molecule has 0 saturated heterocycles. The molecule has 0 aliphatic heterocycles. The van der Waals surface area contributed by atoms with E-state index in [1.165, 1.54) is 6.26 Å². The summed E-state index contributed by atoms with van der Waals surface area (Å²) in [5.74, 6) is -0.255. The quantitative estimate of drug-likeness (QED) is 0.698. The Labute approximate surface area is 128 Å². The summed E-state index contributed by atoms with van der Waals surface area (Å²) in [5, 5.41) is 4.04. The second-order valence-electron chi connectivity index (χ2n) is 4.22. The first-order chi connectivity index (χ1) is 9.65. The number of hydrogen-bond acceptors (Lipinski definition) is 2. The Bertz CT molecular complexity index is 797. The molecule has 0 radical (unpaired) electrons. The monoisotopic (exact) mass is 349 g/mol. The average molecular weight is 351 g/mol. The van der Waals surface area contributed by atoms with Gasteiger partial charge >= 0.3 is 0 Å². The van der Waals surface area contributed by atoms with Crippen LogP contribution in [0.1, 0.15) is 10.4 Å². The molecule has 1 aromatic heterocycles. The van der Waals surface area contributed by atoms with E-state index in [1.54, 1.807) is 12.1 Å². The zero-order valence-corrected chi connectivity index (χ0v) is 12.5. The maximum atomic E-state index is 12.3. The SMILES string of the molecule is O=C(Nc1cc(Br)ccc1Cl)c1coc2ccccc12. The van der Waals surface area contributed by atoms with Crippen LogP contribution in [0.3, 0.4) is 0 Å². The number of benzene rings is 2. The van der Waals surface area contributed by atoms with Gasteiger partial charge in [-0.1, -0.05) is 45.7 Å². The number of para-hydroxylation sites is 1. The zero-order valence-electron chi connectivity index (χ0n) is 10.2. The van der Waals surface area contributed by atoms with Crippen LogP contribution in [0.4, 0.5) is 5.69 Å². The fraction of sp³-hybridized carbons (Fsp3) is 0. The number of fused-ring (bicyclic) bond motifs is 1. The molecule has 0 unspecified atom stereocenters. The highest BCUT2D eigenvalue weighted by Gasteiger charge is 2.14. The van der Waals surface area contributed by atoms with E-state index >= 15 is 0 Å². The summed E-state index contributed by atoms with van der Waals surface area (Å²) in [5.41, 5.74) is 1.71. The van der Waals surface area contributed by atoms with E-state index in [1.807, 2.05) is 30.3 Å². The maximum absolute atomic E-state index is 12.3. The standard InChI is InChI=1S/C15H9BrClNO2/c16-9-5-6-12(17)13(7-9)18-15(19)11-8-20-14-4-2-1-3-10(11)14/h1-8H,(H,18,19). The van der Waals surface area contributed by atoms with Gasteiger partial charge in [-0.25, -0.2) is 0 Å². The molecule has 2 aromatic carbocycles. The minimum absolute atomic E-state index is 0.255. The van der Waals surface area contributed by atoms with Gasteiger partial charge in [-0.2, -0.15) is 0 Å². The predicted octanol–water partition coefficient (Wildman–Crippen LogP) is 5.10. The summed E-state index contributed by atoms with van der Waals surface area (Å²) < 4.78 is 6.20. The number of carbonyl (C=O) groups excluding carboxylic acids is 1. The van der Waals surface area contributed by atoms with Crippen molar-refractivity contribution in [2.45, 2.75) is 0 Å². The molecule has 20 heavy (non-hydrogen) atoms. The van der Waals surface area contributed by atoms with Crippen molar-refractivity contribution in [2.24, 2.45) is 0 Å². The predicted molar refractivity (Wildman–Crippen MR) is 83.3 cm³/mol. The minimum Gasteiger partial charge on any atom is -0.463 e. The van der Waals surface area contributed by atoms with Crippen molar-refractivity contribution in [1.82, 2.24) is 0 Å². The third-order valence-corrected chi connectivity index (χ3v) is 3.73. The van der Waals surface area contributed by atoms with Crippen molar-refractivity contribution >= 4 is 50.1 Å². The van der Waals surface area contributed by atoms with Crippen LogP contribution >= 0.6 is 27.5 Å². The van der Waals surface area contributed by atoms with Crippen LogP contribution in [0.2, 0.25) is 5.02 Å². The summed E-state index contributed by atoms with van der Waals surface area (Å²) in [4.78, 5) is 12.3. The van der Waals surface area contributed by atoms with Gasteiger partial charge in [0, 0.05) is 9.86 Å². The summed E-state index contributed by atoms with van der Waals surface area (Å²) in [6.45, 7) is 0. The van der Waals surface area contributed by atoms with Gasteiger partial charge in [0.05, 0.1) is 16.3 Å². The molecular weight excluding hydrogens is 342 g/mol. The van der Waals surface area contributed by atoms with Crippen LogP contribution in [0.5, 0.6) is 0 Å². The molecule has 0 spiro atoms. The lowest BCUT2D eigenvalue weighted by Crippen LogP contribution is -2.11. The number of carbonyl (C=O) groups is 1.